The Balaban J connectivity index is 3.40. The Bertz CT molecular complexity index is 315. The Morgan fingerprint density at radius 1 is 1.50 bits per heavy atom. The van der Waals surface area contributed by atoms with Crippen LogP contribution in [-0.4, -0.2) is 36.9 Å². The molecule has 2 N–H and O–H groups in total. The highest BCUT2D eigenvalue weighted by atomic mass is 16.5. The van der Waals surface area contributed by atoms with E-state index < -0.39 is 12.1 Å². The number of carboxylic acid groups (broad SMARTS) is 1. The number of unbranched alkanes of at least 4 members (excludes halogenated alkanes) is 1. The van der Waals surface area contributed by atoms with E-state index in [0.717, 1.165) is 6.42 Å². The lowest BCUT2D eigenvalue weighted by atomic mass is 10.0. The van der Waals surface area contributed by atoms with Gasteiger partial charge in [-0.15, -0.1) is 0 Å². The smallest absolute Gasteiger partial charge is 0.407 e. The molecule has 0 aliphatic carbocycles. The Morgan fingerprint density at radius 3 is 2.83 bits per heavy atom. The minimum atomic E-state index is -0.805. The van der Waals surface area contributed by atoms with E-state index in [0.29, 0.717) is 19.4 Å². The van der Waals surface area contributed by atoms with E-state index in [-0.39, 0.29) is 19.1 Å². The minimum absolute atomic E-state index is 0.0476. The molecule has 0 spiro atoms. The third-order valence-electron chi connectivity index (χ3n) is 2.24. The number of nitrogens with zero attached hydrogens (tertiary/aromatic N) is 3. The van der Waals surface area contributed by atoms with Crippen LogP contribution < -0.4 is 5.32 Å². The van der Waals surface area contributed by atoms with E-state index in [4.69, 9.17) is 15.4 Å². The number of hydrogen-bond acceptors (Lipinski definition) is 4. The first-order chi connectivity index (χ1) is 8.57. The number of amides is 1. The number of nitrogens with one attached hydrogen (secondary N) is 1. The molecule has 0 fully saturated rings. The number of alkyl carbamates (subject to hydrolysis) is 1. The molecule has 102 valence electrons. The molecule has 0 aromatic heterocycles. The number of carbonyl (C=O) groups is 2. The van der Waals surface area contributed by atoms with Crippen molar-refractivity contribution in [2.75, 3.05) is 19.7 Å². The zero-order valence-electron chi connectivity index (χ0n) is 10.3. The molecule has 18 heavy (non-hydrogen) atoms. The Morgan fingerprint density at radius 2 is 2.22 bits per heavy atom. The van der Waals surface area contributed by atoms with Gasteiger partial charge < -0.3 is 15.2 Å². The summed E-state index contributed by atoms with van der Waals surface area (Å²) in [5.41, 5.74) is 7.98. The predicted molar refractivity (Wildman–Crippen MR) is 64.0 cm³/mol. The van der Waals surface area contributed by atoms with E-state index >= 15 is 0 Å². The van der Waals surface area contributed by atoms with Crippen LogP contribution in [0.5, 0.6) is 0 Å². The van der Waals surface area contributed by atoms with Crippen LogP contribution in [0.15, 0.2) is 5.11 Å². The normalized spacial score (nSPS) is 11.2. The maximum absolute atomic E-state index is 11.0. The summed E-state index contributed by atoms with van der Waals surface area (Å²) in [6, 6.07) is 0. The maximum atomic E-state index is 11.0. The van der Waals surface area contributed by atoms with Crippen LogP contribution in [0.4, 0.5) is 4.79 Å². The molecule has 0 aliphatic heterocycles. The summed E-state index contributed by atoms with van der Waals surface area (Å²) in [6.45, 7) is 2.25. The van der Waals surface area contributed by atoms with Gasteiger partial charge in [0, 0.05) is 11.5 Å². The molecule has 1 amide bonds. The van der Waals surface area contributed by atoms with Crippen molar-refractivity contribution in [1.82, 2.24) is 5.32 Å². The second-order valence-electron chi connectivity index (χ2n) is 3.75. The molecule has 0 rings (SSSR count). The number of carbonyl (C=O) groups excluding carboxylic acids is 1. The van der Waals surface area contributed by atoms with Gasteiger partial charge >= 0.3 is 12.1 Å². The molecule has 1 unspecified atom stereocenters. The standard InChI is InChI=1S/C10H18N4O4/c1-8(9(15)16)4-2-3-5-12-10(17)18-7-6-13-14-11/h8H,2-7H2,1H3,(H,12,17)(H,15,16). The third kappa shape index (κ3) is 9.29. The van der Waals surface area contributed by atoms with Gasteiger partial charge in [-0.05, 0) is 18.4 Å². The van der Waals surface area contributed by atoms with E-state index in [1.807, 2.05) is 0 Å². The number of ether oxygens (including phenoxy) is 1. The quantitative estimate of drug-likeness (QED) is 0.283. The molecule has 0 saturated carbocycles. The molecule has 0 aliphatic rings. The summed E-state index contributed by atoms with van der Waals surface area (Å²) in [4.78, 5) is 24.1. The fourth-order valence-corrected chi connectivity index (χ4v) is 1.16. The summed E-state index contributed by atoms with van der Waals surface area (Å²) < 4.78 is 4.70. The predicted octanol–water partition coefficient (Wildman–Crippen LogP) is 1.91. The highest BCUT2D eigenvalue weighted by molar-refractivity contribution is 5.69. The molecule has 8 nitrogen and oxygen atoms in total. The van der Waals surface area contributed by atoms with Crippen LogP contribution in [0.25, 0.3) is 10.4 Å². The van der Waals surface area contributed by atoms with Crippen LogP contribution in [0.1, 0.15) is 26.2 Å². The summed E-state index contributed by atoms with van der Waals surface area (Å²) >= 11 is 0. The Labute approximate surface area is 105 Å². The Hall–Kier alpha value is -1.95. The van der Waals surface area contributed by atoms with Gasteiger partial charge in [-0.2, -0.15) is 0 Å². The molecule has 8 heteroatoms. The summed E-state index contributed by atoms with van der Waals surface area (Å²) in [7, 11) is 0. The van der Waals surface area contributed by atoms with E-state index in [9.17, 15) is 9.59 Å². The highest BCUT2D eigenvalue weighted by Gasteiger charge is 2.09. The van der Waals surface area contributed by atoms with Crippen molar-refractivity contribution in [3.8, 4) is 0 Å². The summed E-state index contributed by atoms with van der Waals surface area (Å²) in [5, 5.41) is 14.4. The van der Waals surface area contributed by atoms with Gasteiger partial charge in [-0.1, -0.05) is 18.5 Å². The number of hydrogen-bond donors (Lipinski definition) is 2. The lowest BCUT2D eigenvalue weighted by Gasteiger charge is -2.07. The zero-order chi connectivity index (χ0) is 13.8. The highest BCUT2D eigenvalue weighted by Crippen LogP contribution is 2.06. The average Bonchev–Trinajstić information content (AvgIpc) is 2.33. The second kappa shape index (κ2) is 10.2. The van der Waals surface area contributed by atoms with Gasteiger partial charge in [0.15, 0.2) is 0 Å². The fraction of sp³-hybridized carbons (Fsp3) is 0.800. The maximum Gasteiger partial charge on any atom is 0.407 e. The molecule has 0 heterocycles. The lowest BCUT2D eigenvalue weighted by Crippen LogP contribution is -2.26. The molecule has 0 aromatic carbocycles. The Kier molecular flexibility index (Phi) is 9.11. The molecular formula is C10H18N4O4. The van der Waals surface area contributed by atoms with Crippen LogP contribution in [0, 0.1) is 5.92 Å². The summed E-state index contributed by atoms with van der Waals surface area (Å²) in [5.74, 6) is -1.17. The fourth-order valence-electron chi connectivity index (χ4n) is 1.16. The lowest BCUT2D eigenvalue weighted by molar-refractivity contribution is -0.141. The van der Waals surface area contributed by atoms with Crippen LogP contribution in [-0.2, 0) is 9.53 Å². The number of carboxylic acids is 1. The molecule has 0 bridgehead atoms. The first kappa shape index (κ1) is 16.1. The topological polar surface area (TPSA) is 124 Å². The van der Waals surface area contributed by atoms with Crippen molar-refractivity contribution in [1.29, 1.82) is 0 Å². The minimum Gasteiger partial charge on any atom is -0.481 e. The average molecular weight is 258 g/mol. The van der Waals surface area contributed by atoms with Crippen LogP contribution in [0.3, 0.4) is 0 Å². The van der Waals surface area contributed by atoms with Gasteiger partial charge in [-0.3, -0.25) is 4.79 Å². The third-order valence-corrected chi connectivity index (χ3v) is 2.24. The van der Waals surface area contributed by atoms with E-state index in [2.05, 4.69) is 15.3 Å². The van der Waals surface area contributed by atoms with Crippen molar-refractivity contribution < 1.29 is 19.4 Å². The van der Waals surface area contributed by atoms with Crippen molar-refractivity contribution >= 4 is 12.1 Å². The monoisotopic (exact) mass is 258 g/mol. The first-order valence-electron chi connectivity index (χ1n) is 5.72. The van der Waals surface area contributed by atoms with Gasteiger partial charge in [-0.25, -0.2) is 4.79 Å². The molecule has 0 aromatic rings. The van der Waals surface area contributed by atoms with Gasteiger partial charge in [0.25, 0.3) is 0 Å². The van der Waals surface area contributed by atoms with Gasteiger partial charge in [0.1, 0.15) is 0 Å². The number of rotatable bonds is 9. The van der Waals surface area contributed by atoms with Gasteiger partial charge in [0.05, 0.1) is 19.1 Å². The molecular weight excluding hydrogens is 240 g/mol. The molecule has 0 radical (unpaired) electrons. The van der Waals surface area contributed by atoms with E-state index in [1.165, 1.54) is 0 Å². The van der Waals surface area contributed by atoms with Crippen molar-refractivity contribution in [3.05, 3.63) is 10.4 Å². The van der Waals surface area contributed by atoms with Crippen LogP contribution >= 0.6 is 0 Å². The van der Waals surface area contributed by atoms with E-state index in [1.54, 1.807) is 6.92 Å². The van der Waals surface area contributed by atoms with Crippen molar-refractivity contribution in [2.24, 2.45) is 11.0 Å². The largest absolute Gasteiger partial charge is 0.481 e. The first-order valence-corrected chi connectivity index (χ1v) is 5.72. The molecule has 1 atom stereocenters. The summed E-state index contributed by atoms with van der Waals surface area (Å²) in [6.07, 6.45) is 1.45. The van der Waals surface area contributed by atoms with Crippen LogP contribution in [0.2, 0.25) is 0 Å². The SMILES string of the molecule is CC(CCCCNC(=O)OCCN=[N+]=[N-])C(=O)O. The zero-order valence-corrected chi connectivity index (χ0v) is 10.3. The number of aliphatic carboxylic acids is 1. The number of azide groups is 1. The van der Waals surface area contributed by atoms with Gasteiger partial charge in [0.2, 0.25) is 0 Å². The second-order valence-corrected chi connectivity index (χ2v) is 3.75. The van der Waals surface area contributed by atoms with Crippen molar-refractivity contribution in [2.45, 2.75) is 26.2 Å². The van der Waals surface area contributed by atoms with Crippen molar-refractivity contribution in [3.63, 3.8) is 0 Å². The molecule has 0 saturated heterocycles.